The van der Waals surface area contributed by atoms with Gasteiger partial charge in [0.1, 0.15) is 10.6 Å². The summed E-state index contributed by atoms with van der Waals surface area (Å²) in [6.45, 7) is 1.79. The first-order valence-corrected chi connectivity index (χ1v) is 7.64. The molecular weight excluding hydrogens is 280 g/mol. The zero-order valence-corrected chi connectivity index (χ0v) is 12.1. The number of carbonyl (C=O) groups is 1. The maximum absolute atomic E-state index is 12.3. The van der Waals surface area contributed by atoms with Crippen LogP contribution in [0.25, 0.3) is 0 Å². The lowest BCUT2D eigenvalue weighted by Gasteiger charge is -2.09. The molecule has 7 nitrogen and oxygen atoms in total. The summed E-state index contributed by atoms with van der Waals surface area (Å²) in [5.74, 6) is -0.528. The maximum atomic E-state index is 12.3. The minimum Gasteiger partial charge on any atom is -0.320 e. The van der Waals surface area contributed by atoms with Crippen LogP contribution in [0, 0.1) is 6.92 Å². The van der Waals surface area contributed by atoms with Gasteiger partial charge in [0.05, 0.1) is 6.20 Å². The Morgan fingerprint density at radius 3 is 2.65 bits per heavy atom. The first-order chi connectivity index (χ1) is 9.30. The van der Waals surface area contributed by atoms with E-state index < -0.39 is 15.7 Å². The van der Waals surface area contributed by atoms with Crippen molar-refractivity contribution in [3.05, 3.63) is 35.9 Å². The van der Waals surface area contributed by atoms with Crippen LogP contribution >= 0.6 is 0 Å². The molecule has 1 amide bonds. The lowest BCUT2D eigenvalue weighted by atomic mass is 10.2. The Morgan fingerprint density at radius 1 is 1.35 bits per heavy atom. The van der Waals surface area contributed by atoms with E-state index in [4.69, 9.17) is 0 Å². The van der Waals surface area contributed by atoms with Crippen LogP contribution in [0.4, 0.5) is 5.69 Å². The van der Waals surface area contributed by atoms with Crippen LogP contribution in [0.2, 0.25) is 0 Å². The van der Waals surface area contributed by atoms with E-state index in [1.807, 2.05) is 0 Å². The number of nitrogens with one attached hydrogen (secondary N) is 1. The first-order valence-electron chi connectivity index (χ1n) is 5.74. The van der Waals surface area contributed by atoms with Crippen LogP contribution in [0.3, 0.4) is 0 Å². The van der Waals surface area contributed by atoms with Gasteiger partial charge in [-0.15, -0.1) is 0 Å². The SMILES string of the molecule is Cc1cnccc1NC(=O)c1c(S(C)(=O)=O)cnn1C. The van der Waals surface area contributed by atoms with E-state index in [1.54, 1.807) is 25.4 Å². The van der Waals surface area contributed by atoms with Crippen LogP contribution < -0.4 is 5.32 Å². The fourth-order valence-electron chi connectivity index (χ4n) is 1.74. The molecule has 20 heavy (non-hydrogen) atoms. The van der Waals surface area contributed by atoms with E-state index >= 15 is 0 Å². The molecular formula is C12H14N4O3S. The molecule has 0 atom stereocenters. The Morgan fingerprint density at radius 2 is 2.05 bits per heavy atom. The fourth-order valence-corrected chi connectivity index (χ4v) is 2.56. The molecule has 0 radical (unpaired) electrons. The van der Waals surface area contributed by atoms with Crippen LogP contribution in [-0.2, 0) is 16.9 Å². The number of aromatic nitrogens is 3. The minimum atomic E-state index is -3.52. The number of nitrogens with zero attached hydrogens (tertiary/aromatic N) is 3. The van der Waals surface area contributed by atoms with Gasteiger partial charge in [-0.25, -0.2) is 8.42 Å². The number of hydrogen-bond acceptors (Lipinski definition) is 5. The fraction of sp³-hybridized carbons (Fsp3) is 0.250. The number of hydrogen-bond donors (Lipinski definition) is 1. The Bertz CT molecular complexity index is 765. The summed E-state index contributed by atoms with van der Waals surface area (Å²) < 4.78 is 24.5. The van der Waals surface area contributed by atoms with Crippen molar-refractivity contribution in [2.75, 3.05) is 11.6 Å². The summed E-state index contributed by atoms with van der Waals surface area (Å²) in [5.41, 5.74) is 1.36. The number of rotatable bonds is 3. The molecule has 0 saturated heterocycles. The number of carbonyl (C=O) groups excluding carboxylic acids is 1. The van der Waals surface area contributed by atoms with E-state index in [-0.39, 0.29) is 10.6 Å². The average molecular weight is 294 g/mol. The van der Waals surface area contributed by atoms with Crippen molar-refractivity contribution < 1.29 is 13.2 Å². The van der Waals surface area contributed by atoms with Crippen LogP contribution in [-0.4, -0.2) is 35.3 Å². The zero-order chi connectivity index (χ0) is 14.9. The normalized spacial score (nSPS) is 11.3. The minimum absolute atomic E-state index is 0.00344. The molecule has 2 rings (SSSR count). The third-order valence-corrected chi connectivity index (χ3v) is 3.89. The number of amides is 1. The van der Waals surface area contributed by atoms with Crippen LogP contribution in [0.15, 0.2) is 29.6 Å². The third kappa shape index (κ3) is 2.69. The summed E-state index contributed by atoms with van der Waals surface area (Å²) in [5, 5.41) is 6.49. The van der Waals surface area contributed by atoms with E-state index in [2.05, 4.69) is 15.4 Å². The van der Waals surface area contributed by atoms with Crippen LogP contribution in [0.1, 0.15) is 16.1 Å². The van der Waals surface area contributed by atoms with Crippen LogP contribution in [0.5, 0.6) is 0 Å². The topological polar surface area (TPSA) is 93.9 Å². The molecule has 8 heteroatoms. The van der Waals surface area contributed by atoms with Gasteiger partial charge in [-0.2, -0.15) is 5.10 Å². The summed E-state index contributed by atoms with van der Waals surface area (Å²) in [6.07, 6.45) is 5.36. The number of anilines is 1. The molecule has 0 saturated carbocycles. The van der Waals surface area contributed by atoms with Gasteiger partial charge in [0.25, 0.3) is 5.91 Å². The van der Waals surface area contributed by atoms with Crippen molar-refractivity contribution in [3.63, 3.8) is 0 Å². The van der Waals surface area contributed by atoms with Gasteiger partial charge in [-0.05, 0) is 18.6 Å². The lowest BCUT2D eigenvalue weighted by Crippen LogP contribution is -2.19. The molecule has 0 aromatic carbocycles. The summed E-state index contributed by atoms with van der Waals surface area (Å²) in [7, 11) is -2.00. The van der Waals surface area contributed by atoms with Crippen molar-refractivity contribution in [1.82, 2.24) is 14.8 Å². The van der Waals surface area contributed by atoms with Gasteiger partial charge >= 0.3 is 0 Å². The molecule has 0 aliphatic heterocycles. The van der Waals surface area contributed by atoms with Gasteiger partial charge in [0.2, 0.25) is 0 Å². The van der Waals surface area contributed by atoms with E-state index in [0.717, 1.165) is 11.8 Å². The zero-order valence-electron chi connectivity index (χ0n) is 11.3. The standard InChI is InChI=1S/C12H14N4O3S/c1-8-6-13-5-4-9(8)15-12(17)11-10(20(3,18)19)7-14-16(11)2/h4-7H,1-3H3,(H,13,15,17). The molecule has 1 N–H and O–H groups in total. The number of aryl methyl sites for hydroxylation is 2. The largest absolute Gasteiger partial charge is 0.320 e. The molecule has 106 valence electrons. The number of sulfone groups is 1. The van der Waals surface area contributed by atoms with Crippen molar-refractivity contribution >= 4 is 21.4 Å². The maximum Gasteiger partial charge on any atom is 0.275 e. The Labute approximate surface area is 116 Å². The van der Waals surface area contributed by atoms with Crippen molar-refractivity contribution in [1.29, 1.82) is 0 Å². The molecule has 0 bridgehead atoms. The monoisotopic (exact) mass is 294 g/mol. The quantitative estimate of drug-likeness (QED) is 0.902. The van der Waals surface area contributed by atoms with Crippen molar-refractivity contribution in [2.45, 2.75) is 11.8 Å². The molecule has 0 unspecified atom stereocenters. The predicted molar refractivity (Wildman–Crippen MR) is 73.2 cm³/mol. The van der Waals surface area contributed by atoms with Gasteiger partial charge in [0, 0.05) is 31.4 Å². The first kappa shape index (κ1) is 14.2. The summed E-state index contributed by atoms with van der Waals surface area (Å²) >= 11 is 0. The predicted octanol–water partition coefficient (Wildman–Crippen LogP) is 0.779. The highest BCUT2D eigenvalue weighted by Gasteiger charge is 2.23. The van der Waals surface area contributed by atoms with Gasteiger partial charge in [0.15, 0.2) is 9.84 Å². The lowest BCUT2D eigenvalue weighted by molar-refractivity contribution is 0.101. The highest BCUT2D eigenvalue weighted by atomic mass is 32.2. The summed E-state index contributed by atoms with van der Waals surface area (Å²) in [6, 6.07) is 1.64. The second-order valence-corrected chi connectivity index (χ2v) is 6.38. The van der Waals surface area contributed by atoms with Gasteiger partial charge < -0.3 is 5.32 Å². The Kier molecular flexibility index (Phi) is 3.58. The second-order valence-electron chi connectivity index (χ2n) is 4.40. The summed E-state index contributed by atoms with van der Waals surface area (Å²) in [4.78, 5) is 16.1. The van der Waals surface area contributed by atoms with Crippen molar-refractivity contribution in [2.24, 2.45) is 7.05 Å². The smallest absolute Gasteiger partial charge is 0.275 e. The van der Waals surface area contributed by atoms with E-state index in [1.165, 1.54) is 17.9 Å². The molecule has 2 heterocycles. The van der Waals surface area contributed by atoms with E-state index in [0.29, 0.717) is 5.69 Å². The Hall–Kier alpha value is -2.22. The van der Waals surface area contributed by atoms with E-state index in [9.17, 15) is 13.2 Å². The molecule has 0 fully saturated rings. The van der Waals surface area contributed by atoms with Gasteiger partial charge in [-0.1, -0.05) is 0 Å². The molecule has 0 spiro atoms. The molecule has 0 aliphatic rings. The Balaban J connectivity index is 2.41. The average Bonchev–Trinajstić information content (AvgIpc) is 2.74. The third-order valence-electron chi connectivity index (χ3n) is 2.79. The second kappa shape index (κ2) is 5.04. The molecule has 2 aromatic rings. The molecule has 0 aliphatic carbocycles. The van der Waals surface area contributed by atoms with Gasteiger partial charge in [-0.3, -0.25) is 14.5 Å². The number of pyridine rings is 1. The highest BCUT2D eigenvalue weighted by molar-refractivity contribution is 7.90. The molecule has 2 aromatic heterocycles. The van der Waals surface area contributed by atoms with Crippen molar-refractivity contribution in [3.8, 4) is 0 Å². The highest BCUT2D eigenvalue weighted by Crippen LogP contribution is 2.18.